The van der Waals surface area contributed by atoms with Gasteiger partial charge in [0.05, 0.1) is 10.4 Å². The van der Waals surface area contributed by atoms with Crippen molar-refractivity contribution in [3.05, 3.63) is 12.7 Å². The smallest absolute Gasteiger partial charge is 0.341 e. The highest BCUT2D eigenvalue weighted by molar-refractivity contribution is 8.24. The first-order valence-corrected chi connectivity index (χ1v) is 13.6. The van der Waals surface area contributed by atoms with Gasteiger partial charge in [-0.3, -0.25) is 0 Å². The number of carbonyl (C=O) groups excluding carboxylic acids is 1. The van der Waals surface area contributed by atoms with Gasteiger partial charge in [0, 0.05) is 11.8 Å². The number of hydrogen-bond donors (Lipinski definition) is 3. The molecule has 0 aromatic heterocycles. The van der Waals surface area contributed by atoms with Crippen molar-refractivity contribution < 1.29 is 23.7 Å². The highest BCUT2D eigenvalue weighted by Gasteiger charge is 2.16. The molecule has 0 aliphatic carbocycles. The van der Waals surface area contributed by atoms with Crippen LogP contribution in [0.15, 0.2) is 12.7 Å². The lowest BCUT2D eigenvalue weighted by atomic mass is 10.0. The number of rotatable bonds is 17. The molecule has 0 aliphatic rings. The van der Waals surface area contributed by atoms with Crippen LogP contribution in [0.1, 0.15) is 96.8 Å². The zero-order chi connectivity index (χ0) is 19.7. The van der Waals surface area contributed by atoms with E-state index in [0.717, 1.165) is 18.9 Å². The van der Waals surface area contributed by atoms with E-state index >= 15 is 0 Å². The molecule has 0 aromatic rings. The molecule has 0 bridgehead atoms. The highest BCUT2D eigenvalue weighted by atomic mass is 32.5. The Balaban J connectivity index is 3.57. The van der Waals surface area contributed by atoms with Gasteiger partial charge in [0.15, 0.2) is 0 Å². The van der Waals surface area contributed by atoms with E-state index in [2.05, 4.69) is 13.5 Å². The summed E-state index contributed by atoms with van der Waals surface area (Å²) in [6.07, 6.45) is 18.2. The zero-order valence-corrected chi connectivity index (χ0v) is 18.1. The minimum atomic E-state index is -4.14. The molecule has 0 heterocycles. The van der Waals surface area contributed by atoms with Crippen molar-refractivity contribution in [1.29, 1.82) is 0 Å². The second kappa shape index (κ2) is 17.0. The molecule has 5 nitrogen and oxygen atoms in total. The maximum Gasteiger partial charge on any atom is 0.341 e. The van der Waals surface area contributed by atoms with E-state index in [0.29, 0.717) is 6.42 Å². The molecule has 0 aliphatic heterocycles. The van der Waals surface area contributed by atoms with Gasteiger partial charge < -0.3 is 18.9 Å². The van der Waals surface area contributed by atoms with E-state index in [1.807, 2.05) is 0 Å². The second-order valence-corrected chi connectivity index (χ2v) is 11.7. The van der Waals surface area contributed by atoms with Crippen LogP contribution in [0.4, 0.5) is 0 Å². The van der Waals surface area contributed by atoms with Gasteiger partial charge in [-0.25, -0.2) is 4.79 Å². The lowest BCUT2D eigenvalue weighted by molar-refractivity contribution is -0.127. The van der Waals surface area contributed by atoms with Crippen LogP contribution in [0.2, 0.25) is 0 Å². The van der Waals surface area contributed by atoms with Crippen molar-refractivity contribution in [2.75, 3.05) is 5.75 Å². The fraction of sp³-hybridized carbons (Fsp3) is 0.842. The first-order valence-electron chi connectivity index (χ1n) is 10.1. The van der Waals surface area contributed by atoms with Crippen molar-refractivity contribution in [3.8, 4) is 0 Å². The average Bonchev–Trinajstić information content (AvgIpc) is 2.59. The first-order chi connectivity index (χ1) is 12.4. The molecule has 0 fully saturated rings. The Kier molecular flexibility index (Phi) is 16.9. The summed E-state index contributed by atoms with van der Waals surface area (Å²) in [4.78, 5) is 39.2. The number of hydrogen-bond acceptors (Lipinski definition) is 2. The quantitative estimate of drug-likeness (QED) is 0.170. The largest absolute Gasteiger partial charge is 0.391 e. The summed E-state index contributed by atoms with van der Waals surface area (Å²) in [5.41, 5.74) is 0. The molecule has 0 saturated heterocycles. The average molecular weight is 411 g/mol. The van der Waals surface area contributed by atoms with Crippen LogP contribution in [-0.2, 0) is 19.3 Å². The standard InChI is InChI=1S/C19H39O5PS/c1-3-5-6-7-8-9-10-11-12-13-14-15-16-17-18-26(25(21,22)23)24-19(20)4-2/h4,21-23H,2-3,5-18H2,1H3. The molecule has 7 heteroatoms. The van der Waals surface area contributed by atoms with Crippen molar-refractivity contribution in [2.24, 2.45) is 0 Å². The third-order valence-electron chi connectivity index (χ3n) is 4.29. The third kappa shape index (κ3) is 16.1. The van der Waals surface area contributed by atoms with Crippen LogP contribution in [0, 0.1) is 0 Å². The van der Waals surface area contributed by atoms with Crippen molar-refractivity contribution in [1.82, 2.24) is 0 Å². The van der Waals surface area contributed by atoms with Crippen LogP contribution >= 0.6 is 6.72 Å². The van der Waals surface area contributed by atoms with Crippen LogP contribution in [0.25, 0.3) is 0 Å². The normalized spacial score (nSPS) is 12.8. The van der Waals surface area contributed by atoms with Gasteiger partial charge in [0.2, 0.25) is 0 Å². The predicted molar refractivity (Wildman–Crippen MR) is 112 cm³/mol. The minimum Gasteiger partial charge on any atom is -0.391 e. The fourth-order valence-corrected chi connectivity index (χ4v) is 5.54. The highest BCUT2D eigenvalue weighted by Crippen LogP contribution is 2.37. The molecule has 0 radical (unpaired) electrons. The summed E-state index contributed by atoms with van der Waals surface area (Å²) in [5, 5.41) is 0. The van der Waals surface area contributed by atoms with Crippen LogP contribution < -0.4 is 0 Å². The Morgan fingerprint density at radius 3 is 1.58 bits per heavy atom. The van der Waals surface area contributed by atoms with E-state index in [-0.39, 0.29) is 5.75 Å². The summed E-state index contributed by atoms with van der Waals surface area (Å²) in [5.74, 6) is -0.449. The number of unbranched alkanes of at least 4 members (excludes halogenated alkanes) is 13. The van der Waals surface area contributed by atoms with E-state index in [1.54, 1.807) is 0 Å². The topological polar surface area (TPSA) is 87.0 Å². The lowest BCUT2D eigenvalue weighted by Gasteiger charge is -2.13. The molecular weight excluding hydrogens is 371 g/mol. The molecule has 0 rings (SSSR count). The van der Waals surface area contributed by atoms with Crippen molar-refractivity contribution in [2.45, 2.75) is 96.8 Å². The van der Waals surface area contributed by atoms with Gasteiger partial charge in [-0.2, -0.15) is 0 Å². The molecule has 0 spiro atoms. The van der Waals surface area contributed by atoms with Crippen LogP contribution in [0.3, 0.4) is 0 Å². The molecule has 156 valence electrons. The summed E-state index contributed by atoms with van der Waals surface area (Å²) >= 11 is 0. The van der Waals surface area contributed by atoms with Crippen LogP contribution in [0.5, 0.6) is 0 Å². The monoisotopic (exact) mass is 410 g/mol. The SMILES string of the molecule is C=CC(=O)OS(CCCCCCCCCCCCCCCC)=P(O)(O)O. The Hall–Kier alpha value is -0.130. The summed E-state index contributed by atoms with van der Waals surface area (Å²) in [6.45, 7) is 1.37. The molecular formula is C19H39O5PS. The van der Waals surface area contributed by atoms with E-state index in [4.69, 9.17) is 4.18 Å². The molecule has 0 amide bonds. The van der Waals surface area contributed by atoms with E-state index < -0.39 is 23.0 Å². The van der Waals surface area contributed by atoms with Crippen LogP contribution in [-0.4, -0.2) is 26.4 Å². The van der Waals surface area contributed by atoms with Gasteiger partial charge in [0.1, 0.15) is 0 Å². The van der Waals surface area contributed by atoms with Gasteiger partial charge in [-0.15, -0.1) is 0 Å². The van der Waals surface area contributed by atoms with Crippen molar-refractivity contribution in [3.63, 3.8) is 0 Å². The van der Waals surface area contributed by atoms with Crippen molar-refractivity contribution >= 4 is 23.0 Å². The summed E-state index contributed by atoms with van der Waals surface area (Å²) in [7, 11) is -1.53. The first kappa shape index (κ1) is 25.9. The maximum atomic E-state index is 11.2. The summed E-state index contributed by atoms with van der Waals surface area (Å²) < 4.78 is 4.85. The Labute approximate surface area is 162 Å². The molecule has 0 aromatic carbocycles. The zero-order valence-electron chi connectivity index (χ0n) is 16.4. The van der Waals surface area contributed by atoms with Gasteiger partial charge in [-0.05, 0) is 6.42 Å². The molecule has 3 N–H and O–H groups in total. The minimum absolute atomic E-state index is 0.287. The molecule has 0 saturated carbocycles. The summed E-state index contributed by atoms with van der Waals surface area (Å²) in [6, 6.07) is 0. The molecule has 26 heavy (non-hydrogen) atoms. The van der Waals surface area contributed by atoms with Gasteiger partial charge in [0.25, 0.3) is 0 Å². The van der Waals surface area contributed by atoms with Gasteiger partial charge >= 0.3 is 12.7 Å². The Bertz CT molecular complexity index is 425. The van der Waals surface area contributed by atoms with E-state index in [1.165, 1.54) is 70.6 Å². The second-order valence-electron chi connectivity index (χ2n) is 6.74. The third-order valence-corrected chi connectivity index (χ3v) is 8.24. The maximum absolute atomic E-state index is 11.2. The lowest BCUT2D eigenvalue weighted by Crippen LogP contribution is -2.09. The molecule has 1 atom stereocenters. The predicted octanol–water partition coefficient (Wildman–Crippen LogP) is 5.38. The Morgan fingerprint density at radius 2 is 1.23 bits per heavy atom. The fourth-order valence-electron chi connectivity index (χ4n) is 2.76. The Morgan fingerprint density at radius 1 is 0.846 bits per heavy atom. The molecule has 1 unspecified atom stereocenters. The van der Waals surface area contributed by atoms with E-state index in [9.17, 15) is 19.5 Å². The number of carbonyl (C=O) groups is 1. The van der Waals surface area contributed by atoms with Gasteiger partial charge in [-0.1, -0.05) is 97.0 Å².